The molecule has 0 aromatic heterocycles. The van der Waals surface area contributed by atoms with E-state index in [4.69, 9.17) is 4.74 Å². The summed E-state index contributed by atoms with van der Waals surface area (Å²) in [6.07, 6.45) is -3.35. The van der Waals surface area contributed by atoms with E-state index in [0.29, 0.717) is 31.9 Å². The van der Waals surface area contributed by atoms with Crippen molar-refractivity contribution in [1.82, 2.24) is 10.2 Å². The lowest BCUT2D eigenvalue weighted by Crippen LogP contribution is -2.33. The molecule has 1 unspecified atom stereocenters. The fourth-order valence-electron chi connectivity index (χ4n) is 3.46. The van der Waals surface area contributed by atoms with Crippen molar-refractivity contribution in [2.24, 2.45) is 5.92 Å². The number of nitrogens with one attached hydrogen (secondary N) is 1. The fraction of sp³-hybridized carbons (Fsp3) is 0.632. The van der Waals surface area contributed by atoms with Crippen molar-refractivity contribution in [3.05, 3.63) is 28.8 Å². The van der Waals surface area contributed by atoms with E-state index >= 15 is 0 Å². The van der Waals surface area contributed by atoms with Crippen molar-refractivity contribution in [2.45, 2.75) is 33.0 Å². The van der Waals surface area contributed by atoms with Crippen molar-refractivity contribution in [3.63, 3.8) is 0 Å². The fourth-order valence-corrected chi connectivity index (χ4v) is 3.46. The molecule has 27 heavy (non-hydrogen) atoms. The molecule has 2 rings (SSSR count). The highest BCUT2D eigenvalue weighted by atomic mass is 19.4. The number of likely N-dealkylation sites (tertiary alicyclic amines) is 1. The standard InChI is InChI=1S/C19H27F3N2O3/c1-13-6-16(7-14(2)18(13)27-11-17(25)26-3)9-23-8-15-4-5-24(10-15)12-19(20,21)22/h6-7,15,23H,4-5,8-12H2,1-3H3. The maximum Gasteiger partial charge on any atom is 0.401 e. The summed E-state index contributed by atoms with van der Waals surface area (Å²) in [5.41, 5.74) is 2.92. The van der Waals surface area contributed by atoms with Crippen LogP contribution >= 0.6 is 0 Å². The molecule has 0 aliphatic carbocycles. The predicted molar refractivity (Wildman–Crippen MR) is 95.7 cm³/mol. The van der Waals surface area contributed by atoms with Gasteiger partial charge in [-0.1, -0.05) is 12.1 Å². The van der Waals surface area contributed by atoms with Gasteiger partial charge >= 0.3 is 12.1 Å². The predicted octanol–water partition coefficient (Wildman–Crippen LogP) is 2.83. The van der Waals surface area contributed by atoms with Gasteiger partial charge in [0.1, 0.15) is 5.75 Å². The molecular formula is C19H27F3N2O3. The number of hydrogen-bond acceptors (Lipinski definition) is 5. The normalized spacial score (nSPS) is 17.9. The first-order valence-electron chi connectivity index (χ1n) is 8.97. The Morgan fingerprint density at radius 3 is 2.56 bits per heavy atom. The first kappa shape index (κ1) is 21.5. The highest BCUT2D eigenvalue weighted by molar-refractivity contribution is 5.71. The first-order chi connectivity index (χ1) is 12.7. The van der Waals surface area contributed by atoms with Crippen LogP contribution in [0.3, 0.4) is 0 Å². The number of alkyl halides is 3. The van der Waals surface area contributed by atoms with Gasteiger partial charge in [0.25, 0.3) is 0 Å². The van der Waals surface area contributed by atoms with Gasteiger partial charge in [0.2, 0.25) is 0 Å². The number of hydrogen-bond donors (Lipinski definition) is 1. The number of benzene rings is 1. The number of carbonyl (C=O) groups is 1. The van der Waals surface area contributed by atoms with Crippen molar-refractivity contribution in [2.75, 3.05) is 39.9 Å². The number of esters is 1. The van der Waals surface area contributed by atoms with E-state index in [9.17, 15) is 18.0 Å². The third kappa shape index (κ3) is 7.03. The zero-order valence-corrected chi connectivity index (χ0v) is 16.0. The number of methoxy groups -OCH3 is 1. The topological polar surface area (TPSA) is 50.8 Å². The Kier molecular flexibility index (Phi) is 7.49. The number of rotatable bonds is 8. The summed E-state index contributed by atoms with van der Waals surface area (Å²) < 4.78 is 47.4. The van der Waals surface area contributed by atoms with Gasteiger partial charge in [0.05, 0.1) is 13.7 Å². The Morgan fingerprint density at radius 1 is 1.30 bits per heavy atom. The second-order valence-corrected chi connectivity index (χ2v) is 7.06. The summed E-state index contributed by atoms with van der Waals surface area (Å²) in [5.74, 6) is 0.468. The molecule has 1 aromatic carbocycles. The van der Waals surface area contributed by atoms with E-state index in [2.05, 4.69) is 10.1 Å². The molecule has 0 amide bonds. The lowest BCUT2D eigenvalue weighted by Gasteiger charge is -2.18. The molecule has 1 N–H and O–H groups in total. The van der Waals surface area contributed by atoms with Crippen LogP contribution in [0.4, 0.5) is 13.2 Å². The molecule has 1 aromatic rings. The Labute approximate surface area is 157 Å². The van der Waals surface area contributed by atoms with E-state index in [0.717, 1.165) is 23.1 Å². The summed E-state index contributed by atoms with van der Waals surface area (Å²) >= 11 is 0. The zero-order chi connectivity index (χ0) is 20.0. The third-order valence-electron chi connectivity index (χ3n) is 4.62. The smallest absolute Gasteiger partial charge is 0.401 e. The van der Waals surface area contributed by atoms with Gasteiger partial charge in [0.15, 0.2) is 6.61 Å². The SMILES string of the molecule is COC(=O)COc1c(C)cc(CNCC2CCN(CC(F)(F)F)C2)cc1C. The molecule has 0 saturated carbocycles. The second kappa shape index (κ2) is 9.41. The number of ether oxygens (including phenoxy) is 2. The monoisotopic (exact) mass is 388 g/mol. The molecule has 0 bridgehead atoms. The van der Waals surface area contributed by atoms with Crippen LogP contribution in [-0.2, 0) is 16.1 Å². The Bertz CT molecular complexity index is 627. The highest BCUT2D eigenvalue weighted by Gasteiger charge is 2.34. The first-order valence-corrected chi connectivity index (χ1v) is 8.97. The van der Waals surface area contributed by atoms with E-state index < -0.39 is 18.7 Å². The van der Waals surface area contributed by atoms with Gasteiger partial charge in [-0.15, -0.1) is 0 Å². The third-order valence-corrected chi connectivity index (χ3v) is 4.62. The van der Waals surface area contributed by atoms with Gasteiger partial charge in [-0.3, -0.25) is 4.90 Å². The minimum atomic E-state index is -4.13. The summed E-state index contributed by atoms with van der Waals surface area (Å²) in [4.78, 5) is 12.7. The molecular weight excluding hydrogens is 361 g/mol. The minimum Gasteiger partial charge on any atom is -0.481 e. The van der Waals surface area contributed by atoms with Gasteiger partial charge in [-0.05, 0) is 56.0 Å². The average Bonchev–Trinajstić information content (AvgIpc) is 2.99. The molecule has 0 spiro atoms. The second-order valence-electron chi connectivity index (χ2n) is 7.06. The van der Waals surface area contributed by atoms with Crippen LogP contribution in [0.2, 0.25) is 0 Å². The Hall–Kier alpha value is -1.80. The average molecular weight is 388 g/mol. The number of halogens is 3. The van der Waals surface area contributed by atoms with Gasteiger partial charge in [0, 0.05) is 13.1 Å². The summed E-state index contributed by atoms with van der Waals surface area (Å²) in [7, 11) is 1.31. The molecule has 5 nitrogen and oxygen atoms in total. The van der Waals surface area contributed by atoms with Crippen molar-refractivity contribution in [1.29, 1.82) is 0 Å². The molecule has 1 aliphatic heterocycles. The van der Waals surface area contributed by atoms with E-state index in [-0.39, 0.29) is 12.5 Å². The molecule has 152 valence electrons. The van der Waals surface area contributed by atoms with Crippen LogP contribution in [0.15, 0.2) is 12.1 Å². The van der Waals surface area contributed by atoms with Crippen molar-refractivity contribution >= 4 is 5.97 Å². The van der Waals surface area contributed by atoms with Gasteiger partial charge < -0.3 is 14.8 Å². The largest absolute Gasteiger partial charge is 0.481 e. The van der Waals surface area contributed by atoms with Crippen LogP contribution in [0.25, 0.3) is 0 Å². The zero-order valence-electron chi connectivity index (χ0n) is 16.0. The van der Waals surface area contributed by atoms with Crippen LogP contribution < -0.4 is 10.1 Å². The molecule has 1 fully saturated rings. The van der Waals surface area contributed by atoms with E-state index in [1.807, 2.05) is 26.0 Å². The van der Waals surface area contributed by atoms with Crippen LogP contribution in [0, 0.1) is 19.8 Å². The van der Waals surface area contributed by atoms with Crippen molar-refractivity contribution in [3.8, 4) is 5.75 Å². The Morgan fingerprint density at radius 2 is 1.96 bits per heavy atom. The summed E-state index contributed by atoms with van der Waals surface area (Å²) in [6, 6.07) is 3.97. The molecule has 1 saturated heterocycles. The molecule has 0 radical (unpaired) electrons. The van der Waals surface area contributed by atoms with Crippen LogP contribution in [0.1, 0.15) is 23.1 Å². The lowest BCUT2D eigenvalue weighted by molar-refractivity contribution is -0.144. The maximum absolute atomic E-state index is 12.4. The quantitative estimate of drug-likeness (QED) is 0.694. The summed E-state index contributed by atoms with van der Waals surface area (Å²) in [6.45, 7) is 5.16. The molecule has 1 aliphatic rings. The highest BCUT2D eigenvalue weighted by Crippen LogP contribution is 2.25. The van der Waals surface area contributed by atoms with Gasteiger partial charge in [-0.2, -0.15) is 13.2 Å². The van der Waals surface area contributed by atoms with Crippen LogP contribution in [0.5, 0.6) is 5.75 Å². The summed E-state index contributed by atoms with van der Waals surface area (Å²) in [5, 5.41) is 3.34. The van der Waals surface area contributed by atoms with Crippen molar-refractivity contribution < 1.29 is 27.4 Å². The number of aryl methyl sites for hydroxylation is 2. The maximum atomic E-state index is 12.4. The number of nitrogens with zero attached hydrogens (tertiary/aromatic N) is 1. The van der Waals surface area contributed by atoms with E-state index in [1.165, 1.54) is 12.0 Å². The van der Waals surface area contributed by atoms with Gasteiger partial charge in [-0.25, -0.2) is 4.79 Å². The lowest BCUT2D eigenvalue weighted by atomic mass is 10.0. The minimum absolute atomic E-state index is 0.133. The molecule has 8 heteroatoms. The molecule has 1 atom stereocenters. The number of carbonyl (C=O) groups excluding carboxylic acids is 1. The molecule has 1 heterocycles. The van der Waals surface area contributed by atoms with Crippen LogP contribution in [-0.4, -0.2) is 56.9 Å². The Balaban J connectivity index is 1.80. The van der Waals surface area contributed by atoms with E-state index in [1.54, 1.807) is 0 Å².